The molecule has 96 valence electrons. The van der Waals surface area contributed by atoms with Crippen LogP contribution in [0.3, 0.4) is 0 Å². The zero-order valence-electron chi connectivity index (χ0n) is 9.94. The Labute approximate surface area is 115 Å². The minimum absolute atomic E-state index is 0.398. The van der Waals surface area contributed by atoms with E-state index >= 15 is 0 Å². The minimum Gasteiger partial charge on any atom is -0.495 e. The molecule has 1 atom stereocenters. The molecule has 18 heavy (non-hydrogen) atoms. The molecule has 0 radical (unpaired) electrons. The number of alkyl halides is 1. The molecule has 3 nitrogen and oxygen atoms in total. The summed E-state index contributed by atoms with van der Waals surface area (Å²) in [6, 6.07) is 7.14. The molecule has 0 aliphatic rings. The first-order valence-electron chi connectivity index (χ1n) is 5.27. The van der Waals surface area contributed by atoms with Crippen molar-refractivity contribution >= 4 is 23.2 Å². The Morgan fingerprint density at radius 3 is 2.50 bits per heavy atom. The van der Waals surface area contributed by atoms with Crippen LogP contribution < -0.4 is 9.47 Å². The van der Waals surface area contributed by atoms with Gasteiger partial charge < -0.3 is 13.9 Å². The summed E-state index contributed by atoms with van der Waals surface area (Å²) in [5.41, 5.74) is 0.736. The Morgan fingerprint density at radius 2 is 1.94 bits per heavy atom. The number of halogens is 2. The Bertz CT molecular complexity index is 523. The summed E-state index contributed by atoms with van der Waals surface area (Å²) in [4.78, 5) is 0. The molecule has 2 rings (SSSR count). The first-order valence-corrected chi connectivity index (χ1v) is 6.08. The highest BCUT2D eigenvalue weighted by Gasteiger charge is 2.22. The fraction of sp³-hybridized carbons (Fsp3) is 0.231. The molecule has 0 saturated carbocycles. The normalized spacial score (nSPS) is 12.2. The minimum atomic E-state index is -0.460. The third kappa shape index (κ3) is 2.28. The van der Waals surface area contributed by atoms with Gasteiger partial charge in [-0.2, -0.15) is 0 Å². The standard InChI is InChI=1S/C13H12Cl2O3/c1-16-9-6-5-8(13(17-2)12(9)15)11(14)10-4-3-7-18-10/h3-7,11H,1-2H3. The Balaban J connectivity index is 2.48. The summed E-state index contributed by atoms with van der Waals surface area (Å²) in [5.74, 6) is 1.67. The van der Waals surface area contributed by atoms with Crippen LogP contribution in [0.25, 0.3) is 0 Å². The van der Waals surface area contributed by atoms with Crippen LogP contribution in [0.5, 0.6) is 11.5 Å². The van der Waals surface area contributed by atoms with E-state index in [-0.39, 0.29) is 0 Å². The Kier molecular flexibility index (Phi) is 4.04. The van der Waals surface area contributed by atoms with E-state index < -0.39 is 5.38 Å². The molecule has 1 heterocycles. The molecular formula is C13H12Cl2O3. The van der Waals surface area contributed by atoms with Gasteiger partial charge in [0.15, 0.2) is 0 Å². The van der Waals surface area contributed by atoms with Gasteiger partial charge in [0.2, 0.25) is 0 Å². The third-order valence-electron chi connectivity index (χ3n) is 2.58. The van der Waals surface area contributed by atoms with Crippen molar-refractivity contribution < 1.29 is 13.9 Å². The average Bonchev–Trinajstić information content (AvgIpc) is 2.91. The topological polar surface area (TPSA) is 31.6 Å². The van der Waals surface area contributed by atoms with Crippen LogP contribution in [-0.2, 0) is 0 Å². The molecule has 0 aliphatic carbocycles. The van der Waals surface area contributed by atoms with Crippen LogP contribution in [0, 0.1) is 0 Å². The molecular weight excluding hydrogens is 275 g/mol. The van der Waals surface area contributed by atoms with Crippen molar-refractivity contribution in [2.45, 2.75) is 5.38 Å². The molecule has 1 unspecified atom stereocenters. The van der Waals surface area contributed by atoms with Gasteiger partial charge >= 0.3 is 0 Å². The van der Waals surface area contributed by atoms with Crippen molar-refractivity contribution in [3.05, 3.63) is 46.9 Å². The second kappa shape index (κ2) is 5.55. The fourth-order valence-electron chi connectivity index (χ4n) is 1.71. The lowest BCUT2D eigenvalue weighted by Crippen LogP contribution is -1.98. The lowest BCUT2D eigenvalue weighted by atomic mass is 10.1. The Morgan fingerprint density at radius 1 is 1.17 bits per heavy atom. The highest BCUT2D eigenvalue weighted by atomic mass is 35.5. The van der Waals surface area contributed by atoms with Gasteiger partial charge in [0, 0.05) is 5.56 Å². The maximum atomic E-state index is 6.35. The van der Waals surface area contributed by atoms with Crippen LogP contribution in [0.1, 0.15) is 16.7 Å². The number of ether oxygens (including phenoxy) is 2. The predicted octanol–water partition coefficient (Wildman–Crippen LogP) is 4.28. The zero-order valence-corrected chi connectivity index (χ0v) is 11.5. The first-order chi connectivity index (χ1) is 8.69. The number of methoxy groups -OCH3 is 2. The second-order valence-electron chi connectivity index (χ2n) is 3.58. The number of hydrogen-bond donors (Lipinski definition) is 0. The molecule has 1 aromatic heterocycles. The molecule has 0 fully saturated rings. The van der Waals surface area contributed by atoms with Crippen LogP contribution in [-0.4, -0.2) is 14.2 Å². The van der Waals surface area contributed by atoms with E-state index in [9.17, 15) is 0 Å². The zero-order chi connectivity index (χ0) is 13.1. The van der Waals surface area contributed by atoms with Gasteiger partial charge in [-0.15, -0.1) is 11.6 Å². The summed E-state index contributed by atoms with van der Waals surface area (Å²) >= 11 is 12.5. The summed E-state index contributed by atoms with van der Waals surface area (Å²) < 4.78 is 15.7. The molecule has 0 aliphatic heterocycles. The van der Waals surface area contributed by atoms with Crippen molar-refractivity contribution in [3.63, 3.8) is 0 Å². The van der Waals surface area contributed by atoms with Crippen molar-refractivity contribution in [3.8, 4) is 11.5 Å². The highest BCUT2D eigenvalue weighted by molar-refractivity contribution is 6.34. The average molecular weight is 287 g/mol. The first kappa shape index (κ1) is 13.1. The number of furan rings is 1. The lowest BCUT2D eigenvalue weighted by molar-refractivity contribution is 0.390. The molecule has 0 spiro atoms. The molecule has 0 N–H and O–H groups in total. The summed E-state index contributed by atoms with van der Waals surface area (Å²) in [5, 5.41) is -0.0620. The van der Waals surface area contributed by atoms with E-state index in [2.05, 4.69) is 0 Å². The maximum absolute atomic E-state index is 6.35. The van der Waals surface area contributed by atoms with Crippen LogP contribution >= 0.6 is 23.2 Å². The van der Waals surface area contributed by atoms with Crippen molar-refractivity contribution in [1.82, 2.24) is 0 Å². The van der Waals surface area contributed by atoms with E-state index in [1.54, 1.807) is 31.6 Å². The van der Waals surface area contributed by atoms with Gasteiger partial charge in [0.1, 0.15) is 27.7 Å². The number of rotatable bonds is 4. The quantitative estimate of drug-likeness (QED) is 0.787. The van der Waals surface area contributed by atoms with E-state index in [0.29, 0.717) is 22.3 Å². The van der Waals surface area contributed by atoms with Crippen LogP contribution in [0.4, 0.5) is 0 Å². The van der Waals surface area contributed by atoms with E-state index in [0.717, 1.165) is 5.56 Å². The predicted molar refractivity (Wildman–Crippen MR) is 71.0 cm³/mol. The van der Waals surface area contributed by atoms with E-state index in [4.69, 9.17) is 37.1 Å². The van der Waals surface area contributed by atoms with E-state index in [1.807, 2.05) is 6.07 Å². The number of hydrogen-bond acceptors (Lipinski definition) is 3. The van der Waals surface area contributed by atoms with Crippen molar-refractivity contribution in [2.24, 2.45) is 0 Å². The summed E-state index contributed by atoms with van der Waals surface area (Å²) in [7, 11) is 3.08. The third-order valence-corrected chi connectivity index (χ3v) is 3.39. The maximum Gasteiger partial charge on any atom is 0.146 e. The van der Waals surface area contributed by atoms with Gasteiger partial charge in [-0.25, -0.2) is 0 Å². The lowest BCUT2D eigenvalue weighted by Gasteiger charge is -2.15. The van der Waals surface area contributed by atoms with Gasteiger partial charge in [0.05, 0.1) is 20.5 Å². The summed E-state index contributed by atoms with van der Waals surface area (Å²) in [6.45, 7) is 0. The molecule has 2 aromatic rings. The molecule has 0 amide bonds. The van der Waals surface area contributed by atoms with Crippen LogP contribution in [0.15, 0.2) is 34.9 Å². The van der Waals surface area contributed by atoms with Crippen molar-refractivity contribution in [1.29, 1.82) is 0 Å². The fourth-order valence-corrected chi connectivity index (χ4v) is 2.33. The molecule has 1 aromatic carbocycles. The van der Waals surface area contributed by atoms with E-state index in [1.165, 1.54) is 7.11 Å². The smallest absolute Gasteiger partial charge is 0.146 e. The van der Waals surface area contributed by atoms with Gasteiger partial charge in [-0.05, 0) is 24.3 Å². The Hall–Kier alpha value is -1.32. The van der Waals surface area contributed by atoms with Gasteiger partial charge in [-0.3, -0.25) is 0 Å². The molecule has 5 heteroatoms. The monoisotopic (exact) mass is 286 g/mol. The highest BCUT2D eigenvalue weighted by Crippen LogP contribution is 2.43. The molecule has 0 saturated heterocycles. The second-order valence-corrected chi connectivity index (χ2v) is 4.40. The summed E-state index contributed by atoms with van der Waals surface area (Å²) in [6.07, 6.45) is 1.57. The van der Waals surface area contributed by atoms with Crippen LogP contribution in [0.2, 0.25) is 5.02 Å². The van der Waals surface area contributed by atoms with Gasteiger partial charge in [0.25, 0.3) is 0 Å². The SMILES string of the molecule is COc1ccc(C(Cl)c2ccco2)c(OC)c1Cl. The van der Waals surface area contributed by atoms with Crippen molar-refractivity contribution in [2.75, 3.05) is 14.2 Å². The molecule has 0 bridgehead atoms. The largest absolute Gasteiger partial charge is 0.495 e. The number of benzene rings is 1. The van der Waals surface area contributed by atoms with Gasteiger partial charge in [-0.1, -0.05) is 11.6 Å².